The number of aliphatic hydroxyl groups excluding tert-OH is 1. The Kier molecular flexibility index (Phi) is 2.68. The molecule has 0 radical (unpaired) electrons. The summed E-state index contributed by atoms with van der Waals surface area (Å²) in [6.07, 6.45) is 3.54. The fourth-order valence-corrected chi connectivity index (χ4v) is 0.727. The maximum Gasteiger partial charge on any atom is 0.226 e. The van der Waals surface area contributed by atoms with Crippen molar-refractivity contribution in [1.82, 2.24) is 4.98 Å². The second-order valence-corrected chi connectivity index (χ2v) is 2.12. The van der Waals surface area contributed by atoms with Crippen LogP contribution in [0.25, 0.3) is 0 Å². The Morgan fingerprint density at radius 1 is 1.73 bits per heavy atom. The van der Waals surface area contributed by atoms with Gasteiger partial charge in [0.2, 0.25) is 5.91 Å². The van der Waals surface area contributed by atoms with Crippen molar-refractivity contribution < 1.29 is 9.90 Å². The number of hydrogen-bond donors (Lipinski definition) is 3. The highest BCUT2D eigenvalue weighted by Gasteiger charge is 1.99. The molecule has 0 saturated heterocycles. The molecule has 4 heteroatoms. The lowest BCUT2D eigenvalue weighted by Gasteiger charge is -1.98. The van der Waals surface area contributed by atoms with Crippen LogP contribution in [0.1, 0.15) is 6.42 Å². The van der Waals surface area contributed by atoms with Crippen LogP contribution in [0.4, 0.5) is 5.69 Å². The van der Waals surface area contributed by atoms with Crippen LogP contribution < -0.4 is 5.32 Å². The van der Waals surface area contributed by atoms with Gasteiger partial charge in [-0.3, -0.25) is 4.79 Å². The molecule has 3 N–H and O–H groups in total. The number of aliphatic hydroxyl groups is 1. The molecule has 0 bridgehead atoms. The van der Waals surface area contributed by atoms with Crippen molar-refractivity contribution in [1.29, 1.82) is 0 Å². The zero-order chi connectivity index (χ0) is 8.10. The third-order valence-electron chi connectivity index (χ3n) is 1.22. The van der Waals surface area contributed by atoms with Gasteiger partial charge in [-0.1, -0.05) is 0 Å². The van der Waals surface area contributed by atoms with Crippen LogP contribution in [0.2, 0.25) is 0 Å². The molecule has 0 spiro atoms. The maximum absolute atomic E-state index is 10.8. The van der Waals surface area contributed by atoms with Gasteiger partial charge in [-0.15, -0.1) is 0 Å². The Labute approximate surface area is 64.2 Å². The van der Waals surface area contributed by atoms with Crippen molar-refractivity contribution in [3.63, 3.8) is 0 Å². The van der Waals surface area contributed by atoms with Crippen LogP contribution in [0, 0.1) is 0 Å². The number of rotatable bonds is 3. The second kappa shape index (κ2) is 3.78. The molecule has 1 aromatic rings. The first-order valence-corrected chi connectivity index (χ1v) is 3.36. The summed E-state index contributed by atoms with van der Waals surface area (Å²) in [4.78, 5) is 13.6. The number of amides is 1. The van der Waals surface area contributed by atoms with Gasteiger partial charge in [-0.2, -0.15) is 0 Å². The molecule has 11 heavy (non-hydrogen) atoms. The molecule has 4 nitrogen and oxygen atoms in total. The minimum atomic E-state index is -0.174. The number of aromatic amines is 1. The summed E-state index contributed by atoms with van der Waals surface area (Å²) in [5.74, 6) is -0.174. The Morgan fingerprint density at radius 3 is 3.09 bits per heavy atom. The van der Waals surface area contributed by atoms with Crippen molar-refractivity contribution in [2.24, 2.45) is 0 Å². The normalized spacial score (nSPS) is 9.55. The van der Waals surface area contributed by atoms with Gasteiger partial charge in [0, 0.05) is 12.4 Å². The highest BCUT2D eigenvalue weighted by atomic mass is 16.3. The van der Waals surface area contributed by atoms with E-state index in [-0.39, 0.29) is 18.9 Å². The quantitative estimate of drug-likeness (QED) is 0.587. The lowest BCUT2D eigenvalue weighted by Crippen LogP contribution is -2.11. The van der Waals surface area contributed by atoms with Crippen LogP contribution in [0.15, 0.2) is 18.5 Å². The van der Waals surface area contributed by atoms with Crippen molar-refractivity contribution in [2.75, 3.05) is 11.9 Å². The van der Waals surface area contributed by atoms with Gasteiger partial charge in [0.25, 0.3) is 0 Å². The van der Waals surface area contributed by atoms with Crippen LogP contribution in [0.5, 0.6) is 0 Å². The van der Waals surface area contributed by atoms with Gasteiger partial charge in [-0.05, 0) is 6.07 Å². The molecule has 60 valence electrons. The summed E-state index contributed by atoms with van der Waals surface area (Å²) < 4.78 is 0. The summed E-state index contributed by atoms with van der Waals surface area (Å²) in [7, 11) is 0. The van der Waals surface area contributed by atoms with E-state index in [1.165, 1.54) is 0 Å². The third-order valence-corrected chi connectivity index (χ3v) is 1.22. The highest BCUT2D eigenvalue weighted by Crippen LogP contribution is 2.03. The van der Waals surface area contributed by atoms with Crippen molar-refractivity contribution in [3.8, 4) is 0 Å². The van der Waals surface area contributed by atoms with E-state index in [1.807, 2.05) is 0 Å². The molecule has 1 aromatic heterocycles. The molecule has 0 aliphatic carbocycles. The Balaban J connectivity index is 2.37. The minimum Gasteiger partial charge on any atom is -0.396 e. The van der Waals surface area contributed by atoms with Crippen molar-refractivity contribution >= 4 is 11.6 Å². The van der Waals surface area contributed by atoms with E-state index < -0.39 is 0 Å². The highest BCUT2D eigenvalue weighted by molar-refractivity contribution is 5.90. The third kappa shape index (κ3) is 2.43. The zero-order valence-electron chi connectivity index (χ0n) is 6.00. The monoisotopic (exact) mass is 154 g/mol. The van der Waals surface area contributed by atoms with Crippen molar-refractivity contribution in [2.45, 2.75) is 6.42 Å². The summed E-state index contributed by atoms with van der Waals surface area (Å²) in [5.41, 5.74) is 0.725. The van der Waals surface area contributed by atoms with E-state index in [2.05, 4.69) is 10.3 Å². The Bertz CT molecular complexity index is 218. The number of anilines is 1. The fraction of sp³-hybridized carbons (Fsp3) is 0.286. The predicted molar refractivity (Wildman–Crippen MR) is 41.1 cm³/mol. The van der Waals surface area contributed by atoms with Gasteiger partial charge in [0.15, 0.2) is 0 Å². The average molecular weight is 154 g/mol. The number of nitrogens with one attached hydrogen (secondary N) is 2. The Morgan fingerprint density at radius 2 is 2.55 bits per heavy atom. The lowest BCUT2D eigenvalue weighted by molar-refractivity contribution is -0.116. The van der Waals surface area contributed by atoms with Crippen LogP contribution in [-0.2, 0) is 4.79 Å². The van der Waals surface area contributed by atoms with Crippen LogP contribution >= 0.6 is 0 Å². The molecule has 0 aromatic carbocycles. The van der Waals surface area contributed by atoms with Crippen molar-refractivity contribution in [3.05, 3.63) is 18.5 Å². The lowest BCUT2D eigenvalue weighted by atomic mass is 10.4. The summed E-state index contributed by atoms with van der Waals surface area (Å²) in [5, 5.41) is 11.0. The molecule has 1 rings (SSSR count). The molecule has 0 fully saturated rings. The molecule has 0 saturated carbocycles. The first-order valence-electron chi connectivity index (χ1n) is 3.36. The minimum absolute atomic E-state index is 0.115. The van der Waals surface area contributed by atoms with Gasteiger partial charge in [0.1, 0.15) is 0 Å². The van der Waals surface area contributed by atoms with E-state index in [0.717, 1.165) is 5.69 Å². The second-order valence-electron chi connectivity index (χ2n) is 2.12. The first-order chi connectivity index (χ1) is 5.33. The van der Waals surface area contributed by atoms with E-state index in [0.29, 0.717) is 0 Å². The van der Waals surface area contributed by atoms with E-state index in [9.17, 15) is 4.79 Å². The number of aromatic nitrogens is 1. The molecular formula is C7H10N2O2. The number of hydrogen-bond acceptors (Lipinski definition) is 2. The molecule has 0 atom stereocenters. The predicted octanol–water partition coefficient (Wildman–Crippen LogP) is 0.336. The van der Waals surface area contributed by atoms with Crippen LogP contribution in [-0.4, -0.2) is 22.6 Å². The number of carbonyl (C=O) groups is 1. The SMILES string of the molecule is O=C(CCO)Nc1cc[nH]c1. The van der Waals surface area contributed by atoms with E-state index >= 15 is 0 Å². The molecule has 1 heterocycles. The first kappa shape index (κ1) is 7.81. The van der Waals surface area contributed by atoms with Crippen LogP contribution in [0.3, 0.4) is 0 Å². The molecular weight excluding hydrogens is 144 g/mol. The van der Waals surface area contributed by atoms with Gasteiger partial charge in [-0.25, -0.2) is 0 Å². The molecule has 0 unspecified atom stereocenters. The van der Waals surface area contributed by atoms with Gasteiger partial charge >= 0.3 is 0 Å². The zero-order valence-corrected chi connectivity index (χ0v) is 6.00. The van der Waals surface area contributed by atoms with E-state index in [1.54, 1.807) is 18.5 Å². The fourth-order valence-electron chi connectivity index (χ4n) is 0.727. The van der Waals surface area contributed by atoms with Gasteiger partial charge < -0.3 is 15.4 Å². The number of carbonyl (C=O) groups excluding carboxylic acids is 1. The summed E-state index contributed by atoms with van der Waals surface area (Å²) >= 11 is 0. The van der Waals surface area contributed by atoms with E-state index in [4.69, 9.17) is 5.11 Å². The largest absolute Gasteiger partial charge is 0.396 e. The molecule has 1 amide bonds. The van der Waals surface area contributed by atoms with Gasteiger partial charge in [0.05, 0.1) is 18.7 Å². The average Bonchev–Trinajstić information content (AvgIpc) is 2.40. The number of H-pyrrole nitrogens is 1. The molecule has 0 aliphatic heterocycles. The Hall–Kier alpha value is -1.29. The standard InChI is InChI=1S/C7H10N2O2/c10-4-2-7(11)9-6-1-3-8-5-6/h1,3,5,8,10H,2,4H2,(H,9,11). The molecule has 0 aliphatic rings. The summed E-state index contributed by atoms with van der Waals surface area (Å²) in [6, 6.07) is 1.75. The maximum atomic E-state index is 10.8. The topological polar surface area (TPSA) is 65.1 Å². The smallest absolute Gasteiger partial charge is 0.226 e. The summed E-state index contributed by atoms with van der Waals surface area (Å²) in [6.45, 7) is -0.115.